The molecule has 100 valence electrons. The summed E-state index contributed by atoms with van der Waals surface area (Å²) in [6.07, 6.45) is 8.43. The van der Waals surface area contributed by atoms with Crippen molar-refractivity contribution in [3.8, 4) is 0 Å². The van der Waals surface area contributed by atoms with Gasteiger partial charge in [-0.25, -0.2) is 4.98 Å². The van der Waals surface area contributed by atoms with E-state index in [1.807, 2.05) is 17.8 Å². The Kier molecular flexibility index (Phi) is 4.01. The van der Waals surface area contributed by atoms with Gasteiger partial charge in [0.1, 0.15) is 5.82 Å². The molecule has 1 aromatic heterocycles. The van der Waals surface area contributed by atoms with Gasteiger partial charge < -0.3 is 15.0 Å². The van der Waals surface area contributed by atoms with Crippen molar-refractivity contribution < 1.29 is 9.90 Å². The highest BCUT2D eigenvalue weighted by atomic mass is 16.3. The van der Waals surface area contributed by atoms with Gasteiger partial charge in [-0.3, -0.25) is 4.79 Å². The molecule has 0 spiro atoms. The molecule has 18 heavy (non-hydrogen) atoms. The van der Waals surface area contributed by atoms with Crippen molar-refractivity contribution in [2.24, 2.45) is 7.05 Å². The number of nitrogens with zero attached hydrogens (tertiary/aromatic N) is 2. The third kappa shape index (κ3) is 3.32. The van der Waals surface area contributed by atoms with Gasteiger partial charge in [-0.2, -0.15) is 0 Å². The normalized spacial score (nSPS) is 18.6. The van der Waals surface area contributed by atoms with Gasteiger partial charge in [0.2, 0.25) is 5.91 Å². The van der Waals surface area contributed by atoms with Crippen LogP contribution in [-0.2, 0) is 18.4 Å². The van der Waals surface area contributed by atoms with Crippen molar-refractivity contribution in [1.82, 2.24) is 14.9 Å². The van der Waals surface area contributed by atoms with Gasteiger partial charge in [0.15, 0.2) is 0 Å². The quantitative estimate of drug-likeness (QED) is 0.842. The molecule has 1 saturated carbocycles. The summed E-state index contributed by atoms with van der Waals surface area (Å²) >= 11 is 0. The Morgan fingerprint density at radius 1 is 1.50 bits per heavy atom. The van der Waals surface area contributed by atoms with Crippen molar-refractivity contribution in [3.63, 3.8) is 0 Å². The first-order valence-corrected chi connectivity index (χ1v) is 6.54. The summed E-state index contributed by atoms with van der Waals surface area (Å²) in [5.74, 6) is 0.724. The summed E-state index contributed by atoms with van der Waals surface area (Å²) in [7, 11) is 1.89. The average molecular weight is 251 g/mol. The van der Waals surface area contributed by atoms with E-state index in [-0.39, 0.29) is 12.3 Å². The molecule has 1 fully saturated rings. The Bertz CT molecular complexity index is 408. The third-order valence-electron chi connectivity index (χ3n) is 3.64. The van der Waals surface area contributed by atoms with Crippen LogP contribution in [0.3, 0.4) is 0 Å². The maximum atomic E-state index is 11.8. The van der Waals surface area contributed by atoms with E-state index < -0.39 is 5.60 Å². The highest BCUT2D eigenvalue weighted by Crippen LogP contribution is 2.30. The van der Waals surface area contributed by atoms with Crippen LogP contribution in [0.4, 0.5) is 0 Å². The molecule has 1 heterocycles. The zero-order valence-corrected chi connectivity index (χ0v) is 10.9. The summed E-state index contributed by atoms with van der Waals surface area (Å²) in [6.45, 7) is 0.415. The molecule has 2 rings (SSSR count). The number of rotatable bonds is 4. The lowest BCUT2D eigenvalue weighted by molar-refractivity contribution is -0.127. The second kappa shape index (κ2) is 5.52. The number of aryl methyl sites for hydroxylation is 1. The van der Waals surface area contributed by atoms with Crippen LogP contribution in [0.1, 0.15) is 44.3 Å². The number of amides is 1. The molecule has 0 unspecified atom stereocenters. The predicted octanol–water partition coefficient (Wildman–Crippen LogP) is 1.12. The molecule has 0 radical (unpaired) electrons. The monoisotopic (exact) mass is 251 g/mol. The minimum absolute atomic E-state index is 0.0950. The highest BCUT2D eigenvalue weighted by Gasteiger charge is 2.31. The maximum absolute atomic E-state index is 11.8. The lowest BCUT2D eigenvalue weighted by Gasteiger charge is -2.31. The van der Waals surface area contributed by atoms with Crippen LogP contribution in [0.2, 0.25) is 0 Å². The number of aromatic nitrogens is 2. The van der Waals surface area contributed by atoms with Crippen molar-refractivity contribution in [2.45, 2.75) is 50.7 Å². The Morgan fingerprint density at radius 3 is 2.83 bits per heavy atom. The summed E-state index contributed by atoms with van der Waals surface area (Å²) < 4.78 is 1.87. The maximum Gasteiger partial charge on any atom is 0.223 e. The first-order chi connectivity index (χ1) is 8.59. The summed E-state index contributed by atoms with van der Waals surface area (Å²) in [5.41, 5.74) is -0.788. The minimum atomic E-state index is -0.788. The van der Waals surface area contributed by atoms with Crippen LogP contribution in [0.5, 0.6) is 0 Å². The molecule has 1 amide bonds. The van der Waals surface area contributed by atoms with Gasteiger partial charge in [0.25, 0.3) is 0 Å². The van der Waals surface area contributed by atoms with Crippen molar-refractivity contribution in [2.75, 3.05) is 0 Å². The number of imidazole rings is 1. The molecule has 0 saturated heterocycles. The van der Waals surface area contributed by atoms with E-state index in [1.165, 1.54) is 0 Å². The van der Waals surface area contributed by atoms with E-state index in [9.17, 15) is 9.90 Å². The second-order valence-corrected chi connectivity index (χ2v) is 5.19. The number of carbonyl (C=O) groups excluding carboxylic acids is 1. The van der Waals surface area contributed by atoms with E-state index in [1.54, 1.807) is 6.20 Å². The van der Waals surface area contributed by atoms with Crippen LogP contribution >= 0.6 is 0 Å². The Balaban J connectivity index is 1.80. The average Bonchev–Trinajstić information content (AvgIpc) is 2.72. The minimum Gasteiger partial charge on any atom is -0.389 e. The number of nitrogens with one attached hydrogen (secondary N) is 1. The molecule has 1 aliphatic carbocycles. The smallest absolute Gasteiger partial charge is 0.223 e. The molecule has 0 aromatic carbocycles. The van der Waals surface area contributed by atoms with Crippen LogP contribution in [0, 0.1) is 0 Å². The Morgan fingerprint density at radius 2 is 2.22 bits per heavy atom. The summed E-state index contributed by atoms with van der Waals surface area (Å²) in [5, 5.41) is 13.1. The van der Waals surface area contributed by atoms with E-state index in [0.717, 1.165) is 37.9 Å². The number of hydrogen-bond donors (Lipinski definition) is 2. The molecule has 0 aliphatic heterocycles. The SMILES string of the molecule is Cn1ccnc1CNC(=O)CC1(O)CCCCC1. The zero-order valence-electron chi connectivity index (χ0n) is 10.9. The lowest BCUT2D eigenvalue weighted by Crippen LogP contribution is -2.38. The lowest BCUT2D eigenvalue weighted by atomic mass is 9.82. The third-order valence-corrected chi connectivity index (χ3v) is 3.64. The molecule has 0 bridgehead atoms. The van der Waals surface area contributed by atoms with Crippen molar-refractivity contribution in [3.05, 3.63) is 18.2 Å². The van der Waals surface area contributed by atoms with Gasteiger partial charge in [0.05, 0.1) is 18.6 Å². The van der Waals surface area contributed by atoms with Gasteiger partial charge in [-0.1, -0.05) is 19.3 Å². The second-order valence-electron chi connectivity index (χ2n) is 5.19. The summed E-state index contributed by atoms with van der Waals surface area (Å²) in [4.78, 5) is 16.0. The molecule has 2 N–H and O–H groups in total. The molecule has 1 aromatic rings. The van der Waals surface area contributed by atoms with E-state index in [2.05, 4.69) is 10.3 Å². The summed E-state index contributed by atoms with van der Waals surface area (Å²) in [6, 6.07) is 0. The van der Waals surface area contributed by atoms with Crippen LogP contribution in [0.25, 0.3) is 0 Å². The van der Waals surface area contributed by atoms with Gasteiger partial charge in [-0.15, -0.1) is 0 Å². The molecule has 5 heteroatoms. The van der Waals surface area contributed by atoms with Gasteiger partial charge in [0, 0.05) is 19.4 Å². The fraction of sp³-hybridized carbons (Fsp3) is 0.692. The Hall–Kier alpha value is -1.36. The fourth-order valence-corrected chi connectivity index (χ4v) is 2.49. The zero-order chi connectivity index (χ0) is 13.0. The first kappa shape index (κ1) is 13.1. The molecule has 1 aliphatic rings. The molecule has 0 atom stereocenters. The Labute approximate surface area is 107 Å². The topological polar surface area (TPSA) is 67.2 Å². The molecular weight excluding hydrogens is 230 g/mol. The van der Waals surface area contributed by atoms with Crippen LogP contribution < -0.4 is 5.32 Å². The fourth-order valence-electron chi connectivity index (χ4n) is 2.49. The standard InChI is InChI=1S/C13H21N3O2/c1-16-8-7-14-11(16)10-15-12(17)9-13(18)5-3-2-4-6-13/h7-8,18H,2-6,9-10H2,1H3,(H,15,17). The van der Waals surface area contributed by atoms with Crippen LogP contribution in [0.15, 0.2) is 12.4 Å². The molecule has 5 nitrogen and oxygen atoms in total. The largest absolute Gasteiger partial charge is 0.389 e. The van der Waals surface area contributed by atoms with Gasteiger partial charge in [-0.05, 0) is 12.8 Å². The number of hydrogen-bond acceptors (Lipinski definition) is 3. The van der Waals surface area contributed by atoms with E-state index in [4.69, 9.17) is 0 Å². The van der Waals surface area contributed by atoms with Crippen LogP contribution in [-0.4, -0.2) is 26.2 Å². The van der Waals surface area contributed by atoms with Crippen molar-refractivity contribution >= 4 is 5.91 Å². The highest BCUT2D eigenvalue weighted by molar-refractivity contribution is 5.76. The van der Waals surface area contributed by atoms with Gasteiger partial charge >= 0.3 is 0 Å². The number of aliphatic hydroxyl groups is 1. The predicted molar refractivity (Wildman–Crippen MR) is 67.7 cm³/mol. The van der Waals surface area contributed by atoms with E-state index in [0.29, 0.717) is 6.54 Å². The first-order valence-electron chi connectivity index (χ1n) is 6.54. The van der Waals surface area contributed by atoms with E-state index >= 15 is 0 Å². The molecular formula is C13H21N3O2. The number of carbonyl (C=O) groups is 1. The van der Waals surface area contributed by atoms with Crippen molar-refractivity contribution in [1.29, 1.82) is 0 Å².